The Bertz CT molecular complexity index is 532. The van der Waals surface area contributed by atoms with Gasteiger partial charge in [0.1, 0.15) is 0 Å². The van der Waals surface area contributed by atoms with Crippen molar-refractivity contribution >= 4 is 5.78 Å². The highest BCUT2D eigenvalue weighted by molar-refractivity contribution is 5.96. The molecular formula is C20H26O2. The van der Waals surface area contributed by atoms with Crippen molar-refractivity contribution < 1.29 is 9.53 Å². The molecule has 2 nitrogen and oxygen atoms in total. The molecule has 3 atom stereocenters. The Labute approximate surface area is 133 Å². The molecule has 0 aromatic heterocycles. The van der Waals surface area contributed by atoms with Crippen LogP contribution in [0.4, 0.5) is 0 Å². The second-order valence-corrected chi connectivity index (χ2v) is 6.69. The Hall–Kier alpha value is -1.41. The average molecular weight is 298 g/mol. The van der Waals surface area contributed by atoms with Gasteiger partial charge in [0.15, 0.2) is 5.78 Å². The normalized spacial score (nSPS) is 30.3. The third kappa shape index (κ3) is 3.33. The van der Waals surface area contributed by atoms with Crippen LogP contribution in [-0.2, 0) is 16.1 Å². The summed E-state index contributed by atoms with van der Waals surface area (Å²) < 4.78 is 6.00. The van der Waals surface area contributed by atoms with Crippen molar-refractivity contribution in [2.75, 3.05) is 6.61 Å². The minimum Gasteiger partial charge on any atom is -0.376 e. The Balaban J connectivity index is 1.66. The van der Waals surface area contributed by atoms with Crippen LogP contribution in [0.15, 0.2) is 42.0 Å². The molecule has 1 aromatic carbocycles. The molecule has 0 radical (unpaired) electrons. The van der Waals surface area contributed by atoms with E-state index in [0.717, 1.165) is 12.0 Å². The first kappa shape index (κ1) is 15.5. The number of allylic oxidation sites excluding steroid dienone is 1. The van der Waals surface area contributed by atoms with Crippen LogP contribution in [0.5, 0.6) is 0 Å². The SMILES string of the molecule is CC=C1C(=O)C[C@@H]2CCCC[C@H]2[C@@H]1COCc1ccccc1. The zero-order valence-electron chi connectivity index (χ0n) is 13.5. The minimum absolute atomic E-state index is 0.306. The van der Waals surface area contributed by atoms with Crippen LogP contribution >= 0.6 is 0 Å². The van der Waals surface area contributed by atoms with Gasteiger partial charge in [-0.05, 0) is 42.7 Å². The first-order chi connectivity index (χ1) is 10.8. The lowest BCUT2D eigenvalue weighted by atomic mass is 9.63. The fourth-order valence-electron chi connectivity index (χ4n) is 4.28. The number of ether oxygens (including phenoxy) is 1. The molecule has 118 valence electrons. The summed E-state index contributed by atoms with van der Waals surface area (Å²) >= 11 is 0. The van der Waals surface area contributed by atoms with Crippen molar-refractivity contribution in [1.29, 1.82) is 0 Å². The second kappa shape index (κ2) is 7.23. The van der Waals surface area contributed by atoms with Gasteiger partial charge in [-0.15, -0.1) is 0 Å². The monoisotopic (exact) mass is 298 g/mol. The lowest BCUT2D eigenvalue weighted by Gasteiger charge is -2.42. The van der Waals surface area contributed by atoms with E-state index in [-0.39, 0.29) is 0 Å². The number of hydrogen-bond acceptors (Lipinski definition) is 2. The molecule has 2 aliphatic rings. The molecule has 22 heavy (non-hydrogen) atoms. The summed E-state index contributed by atoms with van der Waals surface area (Å²) in [5.74, 6) is 1.91. The minimum atomic E-state index is 0.306. The van der Waals surface area contributed by atoms with Crippen LogP contribution in [0.2, 0.25) is 0 Å². The molecule has 2 aliphatic carbocycles. The standard InChI is InChI=1S/C20H26O2/c1-2-17-19(14-22-13-15-8-4-3-5-9-15)18-11-7-6-10-16(18)12-20(17)21/h2-5,8-9,16,18-19H,6-7,10-14H2,1H3/t16-,18+,19+/m0/s1. The Morgan fingerprint density at radius 3 is 2.73 bits per heavy atom. The molecule has 2 fully saturated rings. The highest BCUT2D eigenvalue weighted by Gasteiger charge is 2.41. The summed E-state index contributed by atoms with van der Waals surface area (Å²) in [4.78, 5) is 12.4. The number of ketones is 1. The zero-order valence-corrected chi connectivity index (χ0v) is 13.5. The molecule has 0 spiro atoms. The Kier molecular flexibility index (Phi) is 5.09. The van der Waals surface area contributed by atoms with Gasteiger partial charge < -0.3 is 4.74 Å². The van der Waals surface area contributed by atoms with Crippen LogP contribution in [0.1, 0.15) is 44.6 Å². The fourth-order valence-corrected chi connectivity index (χ4v) is 4.28. The number of fused-ring (bicyclic) bond motifs is 1. The molecular weight excluding hydrogens is 272 g/mol. The van der Waals surface area contributed by atoms with Gasteiger partial charge in [-0.2, -0.15) is 0 Å². The first-order valence-corrected chi connectivity index (χ1v) is 8.60. The first-order valence-electron chi connectivity index (χ1n) is 8.60. The molecule has 1 aromatic rings. The summed E-state index contributed by atoms with van der Waals surface area (Å²) in [6, 6.07) is 10.3. The molecule has 2 saturated carbocycles. The van der Waals surface area contributed by atoms with Crippen LogP contribution in [0, 0.1) is 17.8 Å². The van der Waals surface area contributed by atoms with E-state index in [0.29, 0.717) is 36.8 Å². The average Bonchev–Trinajstić information content (AvgIpc) is 2.55. The quantitative estimate of drug-likeness (QED) is 0.763. The van der Waals surface area contributed by atoms with E-state index in [1.165, 1.54) is 31.2 Å². The number of Topliss-reactive ketones (excluding diaryl/α,β-unsaturated/α-hetero) is 1. The molecule has 0 heterocycles. The second-order valence-electron chi connectivity index (χ2n) is 6.69. The van der Waals surface area contributed by atoms with E-state index in [2.05, 4.69) is 12.1 Å². The summed E-state index contributed by atoms with van der Waals surface area (Å²) in [6.07, 6.45) is 7.87. The third-order valence-electron chi connectivity index (χ3n) is 5.37. The lowest BCUT2D eigenvalue weighted by Crippen LogP contribution is -2.39. The number of benzene rings is 1. The van der Waals surface area contributed by atoms with E-state index in [1.807, 2.05) is 31.2 Å². The van der Waals surface area contributed by atoms with E-state index >= 15 is 0 Å². The number of rotatable bonds is 4. The maximum absolute atomic E-state index is 12.4. The van der Waals surface area contributed by atoms with E-state index in [4.69, 9.17) is 4.74 Å². The van der Waals surface area contributed by atoms with Crippen LogP contribution in [0.3, 0.4) is 0 Å². The lowest BCUT2D eigenvalue weighted by molar-refractivity contribution is -0.121. The van der Waals surface area contributed by atoms with Gasteiger partial charge in [0.2, 0.25) is 0 Å². The Morgan fingerprint density at radius 2 is 1.95 bits per heavy atom. The highest BCUT2D eigenvalue weighted by Crippen LogP contribution is 2.44. The van der Waals surface area contributed by atoms with Gasteiger partial charge in [0.05, 0.1) is 13.2 Å². The molecule has 2 heteroatoms. The predicted octanol–water partition coefficient (Wildman–Crippen LogP) is 4.54. The third-order valence-corrected chi connectivity index (χ3v) is 5.37. The van der Waals surface area contributed by atoms with Gasteiger partial charge in [0, 0.05) is 12.3 Å². The maximum atomic E-state index is 12.4. The summed E-state index contributed by atoms with van der Waals surface area (Å²) in [7, 11) is 0. The van der Waals surface area contributed by atoms with Crippen molar-refractivity contribution in [3.63, 3.8) is 0 Å². The van der Waals surface area contributed by atoms with Crippen molar-refractivity contribution in [3.8, 4) is 0 Å². The molecule has 0 aliphatic heterocycles. The summed E-state index contributed by atoms with van der Waals surface area (Å²) in [5.41, 5.74) is 2.23. The van der Waals surface area contributed by atoms with E-state index < -0.39 is 0 Å². The number of carbonyl (C=O) groups excluding carboxylic acids is 1. The van der Waals surface area contributed by atoms with Gasteiger partial charge in [-0.1, -0.05) is 49.2 Å². The van der Waals surface area contributed by atoms with Gasteiger partial charge >= 0.3 is 0 Å². The topological polar surface area (TPSA) is 26.3 Å². The number of hydrogen-bond donors (Lipinski definition) is 0. The summed E-state index contributed by atoms with van der Waals surface area (Å²) in [6.45, 7) is 3.32. The van der Waals surface area contributed by atoms with E-state index in [9.17, 15) is 4.79 Å². The van der Waals surface area contributed by atoms with Crippen LogP contribution in [0.25, 0.3) is 0 Å². The maximum Gasteiger partial charge on any atom is 0.159 e. The predicted molar refractivity (Wildman–Crippen MR) is 88.4 cm³/mol. The molecule has 0 unspecified atom stereocenters. The smallest absolute Gasteiger partial charge is 0.159 e. The van der Waals surface area contributed by atoms with Crippen molar-refractivity contribution in [3.05, 3.63) is 47.5 Å². The largest absolute Gasteiger partial charge is 0.376 e. The molecule has 0 N–H and O–H groups in total. The van der Waals surface area contributed by atoms with Gasteiger partial charge in [-0.25, -0.2) is 0 Å². The molecule has 0 bridgehead atoms. The fraction of sp³-hybridized carbons (Fsp3) is 0.550. The zero-order chi connectivity index (χ0) is 15.4. The number of carbonyl (C=O) groups is 1. The van der Waals surface area contributed by atoms with Crippen molar-refractivity contribution in [2.24, 2.45) is 17.8 Å². The summed E-state index contributed by atoms with van der Waals surface area (Å²) in [5, 5.41) is 0. The van der Waals surface area contributed by atoms with Gasteiger partial charge in [0.25, 0.3) is 0 Å². The molecule has 0 saturated heterocycles. The van der Waals surface area contributed by atoms with Gasteiger partial charge in [-0.3, -0.25) is 4.79 Å². The van der Waals surface area contributed by atoms with E-state index in [1.54, 1.807) is 0 Å². The van der Waals surface area contributed by atoms with Crippen molar-refractivity contribution in [2.45, 2.75) is 45.6 Å². The van der Waals surface area contributed by atoms with Crippen LogP contribution in [-0.4, -0.2) is 12.4 Å². The van der Waals surface area contributed by atoms with Crippen LogP contribution < -0.4 is 0 Å². The molecule has 0 amide bonds. The highest BCUT2D eigenvalue weighted by atomic mass is 16.5. The molecule has 3 rings (SSSR count). The Morgan fingerprint density at radius 1 is 1.18 bits per heavy atom. The van der Waals surface area contributed by atoms with Crippen molar-refractivity contribution in [1.82, 2.24) is 0 Å².